The Kier molecular flexibility index (Phi) is 7.22. The summed E-state index contributed by atoms with van der Waals surface area (Å²) in [5.74, 6) is 1.96. The highest BCUT2D eigenvalue weighted by Gasteiger charge is 2.17. The first-order valence-corrected chi connectivity index (χ1v) is 7.58. The van der Waals surface area contributed by atoms with Crippen LogP contribution in [0, 0.1) is 11.8 Å². The van der Waals surface area contributed by atoms with Crippen LogP contribution >= 0.6 is 0 Å². The van der Waals surface area contributed by atoms with E-state index in [9.17, 15) is 10.0 Å². The zero-order valence-electron chi connectivity index (χ0n) is 13.8. The van der Waals surface area contributed by atoms with Crippen LogP contribution in [0.5, 0.6) is 5.75 Å². The van der Waals surface area contributed by atoms with Crippen molar-refractivity contribution in [2.45, 2.75) is 34.2 Å². The molecule has 0 fully saturated rings. The predicted molar refractivity (Wildman–Crippen MR) is 87.8 cm³/mol. The van der Waals surface area contributed by atoms with Crippen LogP contribution in [-0.4, -0.2) is 42.3 Å². The van der Waals surface area contributed by atoms with Gasteiger partial charge in [0.25, 0.3) is 0 Å². The summed E-state index contributed by atoms with van der Waals surface area (Å²) in [5.41, 5.74) is 1.49. The average molecular weight is 293 g/mol. The van der Waals surface area contributed by atoms with Gasteiger partial charge in [0.2, 0.25) is 0 Å². The number of nitrogens with zero attached hydrogens (tertiary/aromatic N) is 1. The van der Waals surface area contributed by atoms with E-state index in [0.29, 0.717) is 17.3 Å². The lowest BCUT2D eigenvalue weighted by molar-refractivity contribution is 0.209. The van der Waals surface area contributed by atoms with E-state index < -0.39 is 7.12 Å². The fourth-order valence-electron chi connectivity index (χ4n) is 2.56. The first-order chi connectivity index (χ1) is 9.83. The van der Waals surface area contributed by atoms with E-state index in [1.165, 1.54) is 0 Å². The molecular weight excluding hydrogens is 265 g/mol. The van der Waals surface area contributed by atoms with E-state index in [-0.39, 0.29) is 0 Å². The SMILES string of the molecule is COc1ccc(B(O)O)cc1CN(CC(C)C)CC(C)C. The number of hydrogen-bond acceptors (Lipinski definition) is 4. The molecule has 0 spiro atoms. The van der Waals surface area contributed by atoms with Crippen LogP contribution in [0.3, 0.4) is 0 Å². The number of benzene rings is 1. The van der Waals surface area contributed by atoms with E-state index in [2.05, 4.69) is 32.6 Å². The minimum Gasteiger partial charge on any atom is -0.496 e. The molecule has 118 valence electrons. The molecule has 1 aromatic rings. The molecule has 0 saturated carbocycles. The molecule has 2 N–H and O–H groups in total. The van der Waals surface area contributed by atoms with Crippen molar-refractivity contribution in [2.24, 2.45) is 11.8 Å². The van der Waals surface area contributed by atoms with Crippen LogP contribution < -0.4 is 10.2 Å². The van der Waals surface area contributed by atoms with Crippen molar-refractivity contribution in [1.29, 1.82) is 0 Å². The molecule has 0 unspecified atom stereocenters. The third-order valence-corrected chi connectivity index (χ3v) is 3.24. The monoisotopic (exact) mass is 293 g/mol. The van der Waals surface area contributed by atoms with Gasteiger partial charge >= 0.3 is 7.12 Å². The zero-order valence-corrected chi connectivity index (χ0v) is 13.8. The van der Waals surface area contributed by atoms with E-state index in [1.54, 1.807) is 19.2 Å². The minimum absolute atomic E-state index is 0.500. The Balaban J connectivity index is 2.96. The van der Waals surface area contributed by atoms with Crippen molar-refractivity contribution in [3.63, 3.8) is 0 Å². The summed E-state index contributed by atoms with van der Waals surface area (Å²) in [6.07, 6.45) is 0. The Labute approximate surface area is 128 Å². The summed E-state index contributed by atoms with van der Waals surface area (Å²) in [6, 6.07) is 5.30. The molecule has 4 nitrogen and oxygen atoms in total. The second-order valence-electron chi connectivity index (χ2n) is 6.43. The molecule has 0 bridgehead atoms. The second kappa shape index (κ2) is 8.42. The maximum absolute atomic E-state index is 9.34. The van der Waals surface area contributed by atoms with Gasteiger partial charge in [0.1, 0.15) is 5.75 Å². The van der Waals surface area contributed by atoms with Crippen molar-refractivity contribution in [2.75, 3.05) is 20.2 Å². The fraction of sp³-hybridized carbons (Fsp3) is 0.625. The summed E-state index contributed by atoms with van der Waals surface area (Å²) < 4.78 is 5.40. The van der Waals surface area contributed by atoms with Crippen molar-refractivity contribution in [3.05, 3.63) is 23.8 Å². The van der Waals surface area contributed by atoms with Crippen molar-refractivity contribution in [3.8, 4) is 5.75 Å². The molecule has 0 saturated heterocycles. The molecule has 0 aliphatic carbocycles. The van der Waals surface area contributed by atoms with Gasteiger partial charge in [-0.2, -0.15) is 0 Å². The number of ether oxygens (including phenoxy) is 1. The first-order valence-electron chi connectivity index (χ1n) is 7.58. The summed E-state index contributed by atoms with van der Waals surface area (Å²) in [5, 5.41) is 18.7. The van der Waals surface area contributed by atoms with Gasteiger partial charge in [0.15, 0.2) is 0 Å². The fourth-order valence-corrected chi connectivity index (χ4v) is 2.56. The molecule has 0 heterocycles. The van der Waals surface area contributed by atoms with E-state index in [1.807, 2.05) is 6.07 Å². The number of hydrogen-bond donors (Lipinski definition) is 2. The van der Waals surface area contributed by atoms with Crippen molar-refractivity contribution >= 4 is 12.6 Å². The lowest BCUT2D eigenvalue weighted by atomic mass is 9.79. The third-order valence-electron chi connectivity index (χ3n) is 3.24. The van der Waals surface area contributed by atoms with Gasteiger partial charge in [-0.25, -0.2) is 0 Å². The highest BCUT2D eigenvalue weighted by atomic mass is 16.5. The molecule has 0 radical (unpaired) electrons. The Morgan fingerprint density at radius 3 is 2.10 bits per heavy atom. The first kappa shape index (κ1) is 18.0. The Bertz CT molecular complexity index is 426. The van der Waals surface area contributed by atoms with E-state index in [0.717, 1.165) is 30.9 Å². The Morgan fingerprint density at radius 2 is 1.67 bits per heavy atom. The van der Waals surface area contributed by atoms with Gasteiger partial charge in [-0.3, -0.25) is 4.90 Å². The molecule has 1 aromatic carbocycles. The molecule has 0 aromatic heterocycles. The summed E-state index contributed by atoms with van der Waals surface area (Å²) in [6.45, 7) is 11.6. The van der Waals surface area contributed by atoms with Crippen molar-refractivity contribution in [1.82, 2.24) is 4.90 Å². The van der Waals surface area contributed by atoms with Gasteiger partial charge in [0.05, 0.1) is 7.11 Å². The molecule has 0 aliphatic heterocycles. The van der Waals surface area contributed by atoms with Gasteiger partial charge in [-0.15, -0.1) is 0 Å². The lowest BCUT2D eigenvalue weighted by Gasteiger charge is -2.27. The summed E-state index contributed by atoms with van der Waals surface area (Å²) >= 11 is 0. The van der Waals surface area contributed by atoms with Crippen LogP contribution in [0.1, 0.15) is 33.3 Å². The molecular formula is C16H28BNO3. The highest BCUT2D eigenvalue weighted by molar-refractivity contribution is 6.58. The minimum atomic E-state index is -1.45. The lowest BCUT2D eigenvalue weighted by Crippen LogP contribution is -2.33. The molecule has 21 heavy (non-hydrogen) atoms. The van der Waals surface area contributed by atoms with Gasteiger partial charge in [-0.1, -0.05) is 39.8 Å². The topological polar surface area (TPSA) is 52.9 Å². The molecule has 0 atom stereocenters. The van der Waals surface area contributed by atoms with Crippen molar-refractivity contribution < 1.29 is 14.8 Å². The van der Waals surface area contributed by atoms with E-state index in [4.69, 9.17) is 4.74 Å². The third kappa shape index (κ3) is 6.08. The summed E-state index contributed by atoms with van der Waals surface area (Å²) in [7, 11) is 0.196. The van der Waals surface area contributed by atoms with Gasteiger partial charge < -0.3 is 14.8 Å². The quantitative estimate of drug-likeness (QED) is 0.713. The second-order valence-corrected chi connectivity index (χ2v) is 6.43. The Hall–Kier alpha value is -1.04. The standard InChI is InChI=1S/C16H28BNO3/c1-12(2)9-18(10-13(3)4)11-14-8-15(17(19)20)6-7-16(14)21-5/h6-8,12-13,19-20H,9-11H2,1-5H3. The molecule has 5 heteroatoms. The largest absolute Gasteiger partial charge is 0.496 e. The number of methoxy groups -OCH3 is 1. The zero-order chi connectivity index (χ0) is 16.0. The molecule has 1 rings (SSSR count). The van der Waals surface area contributed by atoms with Crippen LogP contribution in [-0.2, 0) is 6.54 Å². The highest BCUT2D eigenvalue weighted by Crippen LogP contribution is 2.20. The number of rotatable bonds is 8. The van der Waals surface area contributed by atoms with Gasteiger partial charge in [0, 0.05) is 25.2 Å². The van der Waals surface area contributed by atoms with Crippen LogP contribution in [0.25, 0.3) is 0 Å². The smallest absolute Gasteiger partial charge is 0.488 e. The average Bonchev–Trinajstić information content (AvgIpc) is 2.36. The van der Waals surface area contributed by atoms with Crippen LogP contribution in [0.15, 0.2) is 18.2 Å². The normalized spacial score (nSPS) is 11.5. The molecule has 0 amide bonds. The Morgan fingerprint density at radius 1 is 1.10 bits per heavy atom. The molecule has 0 aliphatic rings. The predicted octanol–water partition coefficient (Wildman–Crippen LogP) is 1.49. The van der Waals surface area contributed by atoms with Crippen LogP contribution in [0.2, 0.25) is 0 Å². The maximum Gasteiger partial charge on any atom is 0.488 e. The van der Waals surface area contributed by atoms with Gasteiger partial charge in [-0.05, 0) is 23.4 Å². The summed E-state index contributed by atoms with van der Waals surface area (Å²) in [4.78, 5) is 2.39. The maximum atomic E-state index is 9.34. The van der Waals surface area contributed by atoms with E-state index >= 15 is 0 Å². The van der Waals surface area contributed by atoms with Crippen LogP contribution in [0.4, 0.5) is 0 Å².